The van der Waals surface area contributed by atoms with E-state index in [2.05, 4.69) is 5.32 Å². The molecule has 0 aliphatic heterocycles. The molecule has 0 aliphatic rings. The van der Waals surface area contributed by atoms with Crippen LogP contribution < -0.4 is 10.1 Å². The monoisotopic (exact) mass is 280 g/mol. The predicted molar refractivity (Wildman–Crippen MR) is 81.3 cm³/mol. The predicted octanol–water partition coefficient (Wildman–Crippen LogP) is 3.60. The van der Waals surface area contributed by atoms with Gasteiger partial charge in [0.2, 0.25) is 0 Å². The molecule has 2 aromatic carbocycles. The Hall–Kier alpha value is -2.80. The molecule has 0 aromatic heterocycles. The van der Waals surface area contributed by atoms with E-state index in [0.29, 0.717) is 29.2 Å². The molecule has 0 unspecified atom stereocenters. The van der Waals surface area contributed by atoms with Gasteiger partial charge in [-0.3, -0.25) is 4.79 Å². The van der Waals surface area contributed by atoms with Crippen molar-refractivity contribution in [3.05, 3.63) is 59.7 Å². The average molecular weight is 280 g/mol. The fourth-order valence-corrected chi connectivity index (χ4v) is 1.80. The maximum atomic E-state index is 12.2. The third-order valence-corrected chi connectivity index (χ3v) is 2.87. The van der Waals surface area contributed by atoms with Gasteiger partial charge in [0.25, 0.3) is 5.91 Å². The summed E-state index contributed by atoms with van der Waals surface area (Å²) in [5.41, 5.74) is 1.66. The van der Waals surface area contributed by atoms with Crippen LogP contribution in [0.3, 0.4) is 0 Å². The quantitative estimate of drug-likeness (QED) is 0.910. The molecule has 0 bridgehead atoms. The molecule has 0 saturated carbocycles. The first-order valence-electron chi connectivity index (χ1n) is 6.78. The summed E-state index contributed by atoms with van der Waals surface area (Å²) in [4.78, 5) is 12.2. The van der Waals surface area contributed by atoms with Crippen molar-refractivity contribution in [1.29, 1.82) is 5.26 Å². The molecule has 1 amide bonds. The van der Waals surface area contributed by atoms with Crippen LogP contribution in [0, 0.1) is 11.3 Å². The van der Waals surface area contributed by atoms with Crippen LogP contribution in [0.4, 0.5) is 5.69 Å². The van der Waals surface area contributed by atoms with E-state index in [9.17, 15) is 4.79 Å². The Morgan fingerprint density at radius 2 is 1.90 bits per heavy atom. The van der Waals surface area contributed by atoms with Gasteiger partial charge in [-0.05, 0) is 42.8 Å². The van der Waals surface area contributed by atoms with Crippen LogP contribution in [0.2, 0.25) is 0 Å². The van der Waals surface area contributed by atoms with E-state index in [1.54, 1.807) is 30.3 Å². The summed E-state index contributed by atoms with van der Waals surface area (Å²) >= 11 is 0. The molecule has 106 valence electrons. The number of ether oxygens (including phenoxy) is 1. The molecule has 0 saturated heterocycles. The molecule has 0 spiro atoms. The number of anilines is 1. The van der Waals surface area contributed by atoms with Crippen molar-refractivity contribution in [2.75, 3.05) is 11.9 Å². The van der Waals surface area contributed by atoms with Gasteiger partial charge in [-0.15, -0.1) is 0 Å². The van der Waals surface area contributed by atoms with Crippen molar-refractivity contribution in [2.24, 2.45) is 0 Å². The molecule has 0 fully saturated rings. The zero-order valence-electron chi connectivity index (χ0n) is 11.8. The van der Waals surface area contributed by atoms with Crippen LogP contribution in [0.5, 0.6) is 5.75 Å². The van der Waals surface area contributed by atoms with Crippen LogP contribution in [0.25, 0.3) is 0 Å². The normalized spacial score (nSPS) is 9.71. The molecule has 4 heteroatoms. The van der Waals surface area contributed by atoms with Crippen LogP contribution >= 0.6 is 0 Å². The summed E-state index contributed by atoms with van der Waals surface area (Å²) < 4.78 is 5.60. The third-order valence-electron chi connectivity index (χ3n) is 2.87. The highest BCUT2D eigenvalue weighted by Gasteiger charge is 2.09. The van der Waals surface area contributed by atoms with Crippen molar-refractivity contribution in [3.8, 4) is 11.8 Å². The van der Waals surface area contributed by atoms with Gasteiger partial charge in [-0.25, -0.2) is 0 Å². The zero-order chi connectivity index (χ0) is 15.1. The van der Waals surface area contributed by atoms with E-state index >= 15 is 0 Å². The summed E-state index contributed by atoms with van der Waals surface area (Å²) in [5.74, 6) is 0.424. The highest BCUT2D eigenvalue weighted by Crippen LogP contribution is 2.24. The number of nitriles is 1. The Labute approximate surface area is 124 Å². The number of hydrogen-bond acceptors (Lipinski definition) is 3. The van der Waals surface area contributed by atoms with Gasteiger partial charge >= 0.3 is 0 Å². The Morgan fingerprint density at radius 1 is 1.19 bits per heavy atom. The molecular formula is C17H16N2O2. The minimum Gasteiger partial charge on any atom is -0.491 e. The van der Waals surface area contributed by atoms with Gasteiger partial charge < -0.3 is 10.1 Å². The second-order valence-electron chi connectivity index (χ2n) is 4.49. The smallest absolute Gasteiger partial charge is 0.255 e. The Bertz CT molecular complexity index is 657. The second kappa shape index (κ2) is 7.11. The van der Waals surface area contributed by atoms with Gasteiger partial charge in [0.1, 0.15) is 5.75 Å². The number of para-hydroxylation sites is 2. The fourth-order valence-electron chi connectivity index (χ4n) is 1.80. The van der Waals surface area contributed by atoms with Crippen molar-refractivity contribution in [3.63, 3.8) is 0 Å². The Balaban J connectivity index is 2.13. The van der Waals surface area contributed by atoms with Gasteiger partial charge in [0, 0.05) is 5.56 Å². The van der Waals surface area contributed by atoms with Crippen LogP contribution in [-0.4, -0.2) is 12.5 Å². The first-order valence-corrected chi connectivity index (χ1v) is 6.78. The lowest BCUT2D eigenvalue weighted by atomic mass is 10.1. The third kappa shape index (κ3) is 3.83. The highest BCUT2D eigenvalue weighted by molar-refractivity contribution is 6.05. The SMILES string of the molecule is CCCOc1ccccc1NC(=O)c1ccc(C#N)cc1. The highest BCUT2D eigenvalue weighted by atomic mass is 16.5. The van der Waals surface area contributed by atoms with Gasteiger partial charge in [-0.2, -0.15) is 5.26 Å². The fraction of sp³-hybridized carbons (Fsp3) is 0.176. The Morgan fingerprint density at radius 3 is 2.57 bits per heavy atom. The van der Waals surface area contributed by atoms with Crippen LogP contribution in [0.15, 0.2) is 48.5 Å². The topological polar surface area (TPSA) is 62.1 Å². The van der Waals surface area contributed by atoms with Crippen LogP contribution in [-0.2, 0) is 0 Å². The molecule has 21 heavy (non-hydrogen) atoms. The average Bonchev–Trinajstić information content (AvgIpc) is 2.54. The molecular weight excluding hydrogens is 264 g/mol. The number of nitrogens with zero attached hydrogens (tertiary/aromatic N) is 1. The minimum atomic E-state index is -0.230. The maximum Gasteiger partial charge on any atom is 0.255 e. The summed E-state index contributed by atoms with van der Waals surface area (Å²) in [5, 5.41) is 11.6. The van der Waals surface area contributed by atoms with E-state index in [1.807, 2.05) is 31.2 Å². The molecule has 0 heterocycles. The van der Waals surface area contributed by atoms with E-state index in [0.717, 1.165) is 6.42 Å². The van der Waals surface area contributed by atoms with Gasteiger partial charge in [0.05, 0.1) is 23.9 Å². The van der Waals surface area contributed by atoms with Gasteiger partial charge in [0.15, 0.2) is 0 Å². The number of carbonyl (C=O) groups excluding carboxylic acids is 1. The molecule has 0 aliphatic carbocycles. The van der Waals surface area contributed by atoms with Crippen molar-refractivity contribution >= 4 is 11.6 Å². The first-order chi connectivity index (χ1) is 10.2. The number of nitrogens with one attached hydrogen (secondary N) is 1. The standard InChI is InChI=1S/C17H16N2O2/c1-2-11-21-16-6-4-3-5-15(16)19-17(20)14-9-7-13(12-18)8-10-14/h3-10H,2,11H2,1H3,(H,19,20). The molecule has 4 nitrogen and oxygen atoms in total. The lowest BCUT2D eigenvalue weighted by Gasteiger charge is -2.11. The molecule has 1 N–H and O–H groups in total. The summed E-state index contributed by atoms with van der Waals surface area (Å²) in [6.07, 6.45) is 0.901. The Kier molecular flexibility index (Phi) is 4.94. The van der Waals surface area contributed by atoms with Crippen molar-refractivity contribution < 1.29 is 9.53 Å². The lowest BCUT2D eigenvalue weighted by Crippen LogP contribution is -2.13. The number of hydrogen-bond donors (Lipinski definition) is 1. The van der Waals surface area contributed by atoms with Crippen molar-refractivity contribution in [2.45, 2.75) is 13.3 Å². The molecule has 2 aromatic rings. The number of amides is 1. The summed E-state index contributed by atoms with van der Waals surface area (Å²) in [7, 11) is 0. The maximum absolute atomic E-state index is 12.2. The van der Waals surface area contributed by atoms with E-state index in [4.69, 9.17) is 10.00 Å². The van der Waals surface area contributed by atoms with Crippen molar-refractivity contribution in [1.82, 2.24) is 0 Å². The largest absolute Gasteiger partial charge is 0.491 e. The number of rotatable bonds is 5. The van der Waals surface area contributed by atoms with Crippen LogP contribution in [0.1, 0.15) is 29.3 Å². The summed E-state index contributed by atoms with van der Waals surface area (Å²) in [6, 6.07) is 15.8. The number of carbonyl (C=O) groups is 1. The number of benzene rings is 2. The lowest BCUT2D eigenvalue weighted by molar-refractivity contribution is 0.102. The molecule has 2 rings (SSSR count). The second-order valence-corrected chi connectivity index (χ2v) is 4.49. The van der Waals surface area contributed by atoms with Gasteiger partial charge in [-0.1, -0.05) is 19.1 Å². The molecule has 0 atom stereocenters. The first kappa shape index (κ1) is 14.6. The van der Waals surface area contributed by atoms with E-state index in [-0.39, 0.29) is 5.91 Å². The minimum absolute atomic E-state index is 0.230. The van der Waals surface area contributed by atoms with E-state index in [1.165, 1.54) is 0 Å². The molecule has 0 radical (unpaired) electrons. The summed E-state index contributed by atoms with van der Waals surface area (Å²) in [6.45, 7) is 2.63. The zero-order valence-corrected chi connectivity index (χ0v) is 11.8. The van der Waals surface area contributed by atoms with E-state index < -0.39 is 0 Å².